The van der Waals surface area contributed by atoms with E-state index in [-0.39, 0.29) is 17.4 Å². The molecule has 0 saturated carbocycles. The first-order valence-corrected chi connectivity index (χ1v) is 8.68. The number of Topliss-reactive ketones (excluding diaryl/α,β-unsaturated/α-hetero) is 1. The predicted molar refractivity (Wildman–Crippen MR) is 104 cm³/mol. The lowest BCUT2D eigenvalue weighted by molar-refractivity contribution is -0.113. The molecule has 2 aromatic carbocycles. The second kappa shape index (κ2) is 8.99. The van der Waals surface area contributed by atoms with Gasteiger partial charge >= 0.3 is 0 Å². The summed E-state index contributed by atoms with van der Waals surface area (Å²) in [5.41, 5.74) is 2.73. The summed E-state index contributed by atoms with van der Waals surface area (Å²) >= 11 is 0. The van der Waals surface area contributed by atoms with Crippen LogP contribution >= 0.6 is 0 Å². The number of carbonyl (C=O) groups excluding carboxylic acids is 2. The lowest BCUT2D eigenvalue weighted by Crippen LogP contribution is -2.26. The molecule has 0 bridgehead atoms. The van der Waals surface area contributed by atoms with Crippen LogP contribution in [0.5, 0.6) is 5.75 Å². The molecule has 0 radical (unpaired) electrons. The lowest BCUT2D eigenvalue weighted by Gasteiger charge is -2.10. The highest BCUT2D eigenvalue weighted by Gasteiger charge is 2.11. The maximum atomic E-state index is 12.4. The zero-order chi connectivity index (χ0) is 19.1. The summed E-state index contributed by atoms with van der Waals surface area (Å²) in [6.45, 7) is 8.20. The molecule has 0 aliphatic carbocycles. The van der Waals surface area contributed by atoms with Gasteiger partial charge in [0.2, 0.25) is 0 Å². The van der Waals surface area contributed by atoms with Crippen molar-refractivity contribution in [2.24, 2.45) is 5.92 Å². The molecule has 2 aromatic rings. The van der Waals surface area contributed by atoms with E-state index in [1.165, 1.54) is 6.92 Å². The van der Waals surface area contributed by atoms with Gasteiger partial charge < -0.3 is 10.1 Å². The van der Waals surface area contributed by atoms with Crippen LogP contribution in [-0.4, -0.2) is 18.3 Å². The number of aryl methyl sites for hydroxylation is 1. The van der Waals surface area contributed by atoms with Crippen molar-refractivity contribution in [2.75, 3.05) is 6.61 Å². The Labute approximate surface area is 154 Å². The van der Waals surface area contributed by atoms with Crippen LogP contribution in [0.15, 0.2) is 54.2 Å². The van der Waals surface area contributed by atoms with E-state index in [0.717, 1.165) is 16.9 Å². The van der Waals surface area contributed by atoms with Gasteiger partial charge in [0.1, 0.15) is 5.75 Å². The maximum Gasteiger partial charge on any atom is 0.255 e. The Hall–Kier alpha value is -2.88. The van der Waals surface area contributed by atoms with Crippen LogP contribution < -0.4 is 10.1 Å². The van der Waals surface area contributed by atoms with Crippen molar-refractivity contribution in [1.29, 1.82) is 0 Å². The van der Waals surface area contributed by atoms with Crippen molar-refractivity contribution >= 4 is 17.8 Å². The number of hydrogen-bond acceptors (Lipinski definition) is 3. The van der Waals surface area contributed by atoms with E-state index in [1.807, 2.05) is 31.2 Å². The molecule has 0 saturated heterocycles. The topological polar surface area (TPSA) is 55.4 Å². The van der Waals surface area contributed by atoms with Crippen LogP contribution in [0.25, 0.3) is 6.08 Å². The molecule has 4 nitrogen and oxygen atoms in total. The number of hydrogen-bond donors (Lipinski definition) is 1. The SMILES string of the molecule is CC(=O)/C(=C/c1ccc(C)cc1)NC(=O)c1ccc(OCC(C)C)cc1. The van der Waals surface area contributed by atoms with Gasteiger partial charge in [0.05, 0.1) is 12.3 Å². The molecule has 2 rings (SSSR count). The number of ether oxygens (including phenoxy) is 1. The van der Waals surface area contributed by atoms with Crippen LogP contribution in [0.1, 0.15) is 42.3 Å². The van der Waals surface area contributed by atoms with Gasteiger partial charge in [-0.05, 0) is 48.7 Å². The summed E-state index contributed by atoms with van der Waals surface area (Å²) in [5.74, 6) is 0.630. The fraction of sp³-hybridized carbons (Fsp3) is 0.273. The van der Waals surface area contributed by atoms with Crippen LogP contribution in [0.2, 0.25) is 0 Å². The molecule has 1 N–H and O–H groups in total. The lowest BCUT2D eigenvalue weighted by atomic mass is 10.1. The predicted octanol–water partition coefficient (Wildman–Crippen LogP) is 4.39. The summed E-state index contributed by atoms with van der Waals surface area (Å²) in [4.78, 5) is 24.3. The van der Waals surface area contributed by atoms with Gasteiger partial charge in [-0.1, -0.05) is 43.7 Å². The molecule has 0 spiro atoms. The maximum absolute atomic E-state index is 12.4. The molecular weight excluding hydrogens is 326 g/mol. The van der Waals surface area contributed by atoms with Crippen molar-refractivity contribution in [3.05, 3.63) is 70.9 Å². The van der Waals surface area contributed by atoms with E-state index in [1.54, 1.807) is 30.3 Å². The van der Waals surface area contributed by atoms with Gasteiger partial charge in [0, 0.05) is 12.5 Å². The zero-order valence-corrected chi connectivity index (χ0v) is 15.7. The minimum atomic E-state index is -0.325. The van der Waals surface area contributed by atoms with Gasteiger partial charge in [-0.3, -0.25) is 9.59 Å². The molecule has 4 heteroatoms. The summed E-state index contributed by atoms with van der Waals surface area (Å²) in [5, 5.41) is 2.70. The number of amides is 1. The fourth-order valence-corrected chi connectivity index (χ4v) is 2.21. The van der Waals surface area contributed by atoms with Crippen molar-refractivity contribution in [2.45, 2.75) is 27.7 Å². The highest BCUT2D eigenvalue weighted by atomic mass is 16.5. The monoisotopic (exact) mass is 351 g/mol. The van der Waals surface area contributed by atoms with Crippen LogP contribution in [-0.2, 0) is 4.79 Å². The average molecular weight is 351 g/mol. The zero-order valence-electron chi connectivity index (χ0n) is 15.7. The van der Waals surface area contributed by atoms with E-state index in [9.17, 15) is 9.59 Å². The molecule has 0 aromatic heterocycles. The van der Waals surface area contributed by atoms with Gasteiger partial charge in [-0.2, -0.15) is 0 Å². The molecule has 0 aliphatic heterocycles. The summed E-state index contributed by atoms with van der Waals surface area (Å²) in [7, 11) is 0. The third kappa shape index (κ3) is 5.88. The van der Waals surface area contributed by atoms with E-state index in [4.69, 9.17) is 4.74 Å². The van der Waals surface area contributed by atoms with Crippen molar-refractivity contribution in [3.63, 3.8) is 0 Å². The number of rotatable bonds is 7. The van der Waals surface area contributed by atoms with Crippen molar-refractivity contribution < 1.29 is 14.3 Å². The number of ketones is 1. The third-order valence-electron chi connectivity index (χ3n) is 3.72. The van der Waals surface area contributed by atoms with Crippen molar-refractivity contribution in [3.8, 4) is 5.75 Å². The average Bonchev–Trinajstić information content (AvgIpc) is 2.61. The smallest absolute Gasteiger partial charge is 0.255 e. The highest BCUT2D eigenvalue weighted by molar-refractivity contribution is 6.05. The Kier molecular flexibility index (Phi) is 6.73. The van der Waals surface area contributed by atoms with Crippen LogP contribution in [0.3, 0.4) is 0 Å². The van der Waals surface area contributed by atoms with Gasteiger partial charge in [0.25, 0.3) is 5.91 Å². The summed E-state index contributed by atoms with van der Waals surface area (Å²) in [6, 6.07) is 14.6. The Bertz CT molecular complexity index is 787. The molecule has 1 amide bonds. The largest absolute Gasteiger partial charge is 0.493 e. The van der Waals surface area contributed by atoms with Crippen LogP contribution in [0.4, 0.5) is 0 Å². The first-order valence-electron chi connectivity index (χ1n) is 8.68. The highest BCUT2D eigenvalue weighted by Crippen LogP contribution is 2.14. The molecule has 0 fully saturated rings. The number of allylic oxidation sites excluding steroid dienone is 1. The fourth-order valence-electron chi connectivity index (χ4n) is 2.21. The first-order chi connectivity index (χ1) is 12.3. The Morgan fingerprint density at radius 2 is 1.65 bits per heavy atom. The van der Waals surface area contributed by atoms with Gasteiger partial charge in [-0.15, -0.1) is 0 Å². The molecule has 26 heavy (non-hydrogen) atoms. The van der Waals surface area contributed by atoms with Gasteiger partial charge in [0.15, 0.2) is 5.78 Å². The first kappa shape index (κ1) is 19.4. The molecular formula is C22H25NO3. The molecule has 0 heterocycles. The van der Waals surface area contributed by atoms with E-state index < -0.39 is 0 Å². The Morgan fingerprint density at radius 1 is 1.04 bits per heavy atom. The second-order valence-corrected chi connectivity index (χ2v) is 6.71. The number of nitrogens with one attached hydrogen (secondary N) is 1. The minimum Gasteiger partial charge on any atom is -0.493 e. The summed E-state index contributed by atoms with van der Waals surface area (Å²) < 4.78 is 5.61. The normalized spacial score (nSPS) is 11.3. The Morgan fingerprint density at radius 3 is 2.19 bits per heavy atom. The van der Waals surface area contributed by atoms with Crippen molar-refractivity contribution in [1.82, 2.24) is 5.32 Å². The summed E-state index contributed by atoms with van der Waals surface area (Å²) in [6.07, 6.45) is 1.68. The molecule has 0 atom stereocenters. The standard InChI is InChI=1S/C22H25NO3/c1-15(2)14-26-20-11-9-19(10-12-20)22(25)23-21(17(4)24)13-18-7-5-16(3)6-8-18/h5-13,15H,14H2,1-4H3,(H,23,25)/b21-13-. The molecule has 136 valence electrons. The minimum absolute atomic E-state index is 0.198. The van der Waals surface area contributed by atoms with Crippen LogP contribution in [0, 0.1) is 12.8 Å². The molecule has 0 aliphatic rings. The van der Waals surface area contributed by atoms with E-state index >= 15 is 0 Å². The van der Waals surface area contributed by atoms with E-state index in [2.05, 4.69) is 19.2 Å². The third-order valence-corrected chi connectivity index (χ3v) is 3.72. The van der Waals surface area contributed by atoms with Gasteiger partial charge in [-0.25, -0.2) is 0 Å². The number of carbonyl (C=O) groups is 2. The Balaban J connectivity index is 2.10. The quantitative estimate of drug-likeness (QED) is 0.753. The molecule has 0 unspecified atom stereocenters. The number of benzene rings is 2. The second-order valence-electron chi connectivity index (χ2n) is 6.71. The van der Waals surface area contributed by atoms with E-state index in [0.29, 0.717) is 18.1 Å².